The fraction of sp³-hybridized carbons (Fsp3) is 0.625. The standard InChI is InChI=1S/C16H25NO2/c1-11(12-8-14(18)10-15(19)9-12)17-13-4-6-16(2,3)7-5-13/h8-11,13,17-19H,4-7H2,1-3H3. The van der Waals surface area contributed by atoms with Crippen LogP contribution in [0.4, 0.5) is 0 Å². The zero-order valence-corrected chi connectivity index (χ0v) is 12.1. The van der Waals surface area contributed by atoms with Gasteiger partial charge in [0.15, 0.2) is 0 Å². The molecule has 1 unspecified atom stereocenters. The molecule has 1 fully saturated rings. The lowest BCUT2D eigenvalue weighted by atomic mass is 9.75. The summed E-state index contributed by atoms with van der Waals surface area (Å²) in [7, 11) is 0. The van der Waals surface area contributed by atoms with E-state index in [0.29, 0.717) is 11.5 Å². The first-order valence-corrected chi connectivity index (χ1v) is 7.15. The minimum atomic E-state index is 0.119. The number of hydrogen-bond donors (Lipinski definition) is 3. The van der Waals surface area contributed by atoms with Crippen LogP contribution >= 0.6 is 0 Å². The van der Waals surface area contributed by atoms with E-state index in [9.17, 15) is 10.2 Å². The van der Waals surface area contributed by atoms with Crippen molar-refractivity contribution < 1.29 is 10.2 Å². The van der Waals surface area contributed by atoms with E-state index < -0.39 is 0 Å². The van der Waals surface area contributed by atoms with E-state index >= 15 is 0 Å². The van der Waals surface area contributed by atoms with Crippen LogP contribution in [0.1, 0.15) is 58.1 Å². The number of nitrogens with one attached hydrogen (secondary N) is 1. The van der Waals surface area contributed by atoms with Crippen LogP contribution in [0.3, 0.4) is 0 Å². The van der Waals surface area contributed by atoms with Gasteiger partial charge in [0.1, 0.15) is 11.5 Å². The largest absolute Gasteiger partial charge is 0.508 e. The van der Waals surface area contributed by atoms with Crippen LogP contribution in [0.5, 0.6) is 11.5 Å². The van der Waals surface area contributed by atoms with E-state index in [0.717, 1.165) is 5.56 Å². The first-order chi connectivity index (χ1) is 8.85. The molecule has 0 amide bonds. The smallest absolute Gasteiger partial charge is 0.119 e. The van der Waals surface area contributed by atoms with Crippen molar-refractivity contribution in [2.45, 2.75) is 58.5 Å². The molecule has 1 aromatic carbocycles. The molecule has 1 aliphatic rings. The average Bonchev–Trinajstić information content (AvgIpc) is 2.30. The molecule has 106 valence electrons. The molecule has 1 aliphatic carbocycles. The van der Waals surface area contributed by atoms with Crippen LogP contribution in [0.2, 0.25) is 0 Å². The van der Waals surface area contributed by atoms with Gasteiger partial charge in [-0.15, -0.1) is 0 Å². The van der Waals surface area contributed by atoms with Gasteiger partial charge in [-0.3, -0.25) is 0 Å². The second-order valence-corrected chi connectivity index (χ2v) is 6.61. The third kappa shape index (κ3) is 3.87. The molecular formula is C16H25NO2. The van der Waals surface area contributed by atoms with E-state index in [-0.39, 0.29) is 17.5 Å². The van der Waals surface area contributed by atoms with Crippen molar-refractivity contribution in [1.82, 2.24) is 5.32 Å². The van der Waals surface area contributed by atoms with E-state index in [1.54, 1.807) is 12.1 Å². The molecule has 0 heterocycles. The maximum Gasteiger partial charge on any atom is 0.119 e. The van der Waals surface area contributed by atoms with Crippen molar-refractivity contribution in [3.8, 4) is 11.5 Å². The van der Waals surface area contributed by atoms with E-state index in [2.05, 4.69) is 26.1 Å². The Kier molecular flexibility index (Phi) is 4.04. The van der Waals surface area contributed by atoms with Gasteiger partial charge < -0.3 is 15.5 Å². The molecule has 0 spiro atoms. The van der Waals surface area contributed by atoms with Gasteiger partial charge in [-0.05, 0) is 55.7 Å². The van der Waals surface area contributed by atoms with Crippen molar-refractivity contribution in [3.63, 3.8) is 0 Å². The molecule has 19 heavy (non-hydrogen) atoms. The van der Waals surface area contributed by atoms with E-state index in [1.807, 2.05) is 0 Å². The van der Waals surface area contributed by atoms with E-state index in [1.165, 1.54) is 31.7 Å². The summed E-state index contributed by atoms with van der Waals surface area (Å²) in [4.78, 5) is 0. The second kappa shape index (κ2) is 5.41. The van der Waals surface area contributed by atoms with Crippen molar-refractivity contribution in [2.24, 2.45) is 5.41 Å². The molecule has 0 radical (unpaired) electrons. The molecule has 2 rings (SSSR count). The van der Waals surface area contributed by atoms with Gasteiger partial charge in [0, 0.05) is 18.2 Å². The highest BCUT2D eigenvalue weighted by Gasteiger charge is 2.27. The second-order valence-electron chi connectivity index (χ2n) is 6.61. The highest BCUT2D eigenvalue weighted by molar-refractivity contribution is 5.37. The van der Waals surface area contributed by atoms with Crippen molar-refractivity contribution in [1.29, 1.82) is 0 Å². The number of phenolic OH excluding ortho intramolecular Hbond substituents is 2. The van der Waals surface area contributed by atoms with Gasteiger partial charge >= 0.3 is 0 Å². The molecule has 1 atom stereocenters. The number of aromatic hydroxyl groups is 2. The topological polar surface area (TPSA) is 52.5 Å². The summed E-state index contributed by atoms with van der Waals surface area (Å²) in [6.45, 7) is 6.74. The maximum atomic E-state index is 9.53. The van der Waals surface area contributed by atoms with Gasteiger partial charge in [-0.25, -0.2) is 0 Å². The number of phenols is 2. The Hall–Kier alpha value is -1.22. The molecule has 3 nitrogen and oxygen atoms in total. The Balaban J connectivity index is 1.96. The molecule has 3 N–H and O–H groups in total. The van der Waals surface area contributed by atoms with Crippen LogP contribution in [0, 0.1) is 5.41 Å². The average molecular weight is 263 g/mol. The van der Waals surface area contributed by atoms with Gasteiger partial charge in [-0.1, -0.05) is 13.8 Å². The fourth-order valence-electron chi connectivity index (χ4n) is 2.88. The summed E-state index contributed by atoms with van der Waals surface area (Å²) >= 11 is 0. The van der Waals surface area contributed by atoms with E-state index in [4.69, 9.17) is 0 Å². The molecular weight excluding hydrogens is 238 g/mol. The monoisotopic (exact) mass is 263 g/mol. The summed E-state index contributed by atoms with van der Waals surface area (Å²) in [5.74, 6) is 0.238. The first kappa shape index (κ1) is 14.2. The predicted molar refractivity (Wildman–Crippen MR) is 77.4 cm³/mol. The third-order valence-electron chi connectivity index (χ3n) is 4.25. The van der Waals surface area contributed by atoms with Crippen LogP contribution in [0.25, 0.3) is 0 Å². The first-order valence-electron chi connectivity index (χ1n) is 7.15. The molecule has 0 aliphatic heterocycles. The Morgan fingerprint density at radius 3 is 2.16 bits per heavy atom. The SMILES string of the molecule is CC(NC1CCC(C)(C)CC1)c1cc(O)cc(O)c1. The lowest BCUT2D eigenvalue weighted by molar-refractivity contribution is 0.200. The highest BCUT2D eigenvalue weighted by Crippen LogP contribution is 2.36. The van der Waals surface area contributed by atoms with Crippen LogP contribution in [-0.4, -0.2) is 16.3 Å². The van der Waals surface area contributed by atoms with Crippen LogP contribution in [0.15, 0.2) is 18.2 Å². The summed E-state index contributed by atoms with van der Waals surface area (Å²) in [5.41, 5.74) is 1.41. The summed E-state index contributed by atoms with van der Waals surface area (Å²) in [6, 6.07) is 5.46. The molecule has 3 heteroatoms. The van der Waals surface area contributed by atoms with Gasteiger partial charge in [0.05, 0.1) is 0 Å². The van der Waals surface area contributed by atoms with Gasteiger partial charge in [0.2, 0.25) is 0 Å². The Bertz CT molecular complexity index is 412. The lowest BCUT2D eigenvalue weighted by Gasteiger charge is -2.36. The number of rotatable bonds is 3. The Morgan fingerprint density at radius 2 is 1.63 bits per heavy atom. The molecule has 0 bridgehead atoms. The van der Waals surface area contributed by atoms with Crippen molar-refractivity contribution >= 4 is 0 Å². The maximum absolute atomic E-state index is 9.53. The Morgan fingerprint density at radius 1 is 1.11 bits per heavy atom. The zero-order valence-electron chi connectivity index (χ0n) is 12.1. The fourth-order valence-corrected chi connectivity index (χ4v) is 2.88. The van der Waals surface area contributed by atoms with Crippen LogP contribution in [-0.2, 0) is 0 Å². The number of benzene rings is 1. The third-order valence-corrected chi connectivity index (χ3v) is 4.25. The molecule has 0 aromatic heterocycles. The molecule has 0 saturated heterocycles. The molecule has 1 aromatic rings. The quantitative estimate of drug-likeness (QED) is 0.779. The zero-order chi connectivity index (χ0) is 14.0. The minimum Gasteiger partial charge on any atom is -0.508 e. The normalized spacial score (nSPS) is 21.2. The predicted octanol–water partition coefficient (Wildman–Crippen LogP) is 3.72. The van der Waals surface area contributed by atoms with Gasteiger partial charge in [-0.2, -0.15) is 0 Å². The summed E-state index contributed by atoms with van der Waals surface area (Å²) < 4.78 is 0. The van der Waals surface area contributed by atoms with Gasteiger partial charge in [0.25, 0.3) is 0 Å². The van der Waals surface area contributed by atoms with Crippen molar-refractivity contribution in [2.75, 3.05) is 0 Å². The lowest BCUT2D eigenvalue weighted by Crippen LogP contribution is -2.36. The summed E-state index contributed by atoms with van der Waals surface area (Å²) in [6.07, 6.45) is 4.90. The highest BCUT2D eigenvalue weighted by atomic mass is 16.3. The minimum absolute atomic E-state index is 0.119. The molecule has 1 saturated carbocycles. The Labute approximate surface area is 115 Å². The van der Waals surface area contributed by atoms with Crippen LogP contribution < -0.4 is 5.32 Å². The number of hydrogen-bond acceptors (Lipinski definition) is 3. The van der Waals surface area contributed by atoms with Crippen molar-refractivity contribution in [3.05, 3.63) is 23.8 Å². The summed E-state index contributed by atoms with van der Waals surface area (Å²) in [5, 5.41) is 22.7.